The van der Waals surface area contributed by atoms with Gasteiger partial charge in [-0.15, -0.1) is 0 Å². The summed E-state index contributed by atoms with van der Waals surface area (Å²) >= 11 is 2.03. The molecule has 3 heteroatoms. The van der Waals surface area contributed by atoms with Crippen LogP contribution in [0, 0.1) is 26.7 Å². The van der Waals surface area contributed by atoms with E-state index in [2.05, 4.69) is 32.9 Å². The molecule has 0 bridgehead atoms. The SMILES string of the molecule is Cc1cc(C)c(C(N)C2CCOC3(CCSC3)C2)c(C)c1. The normalized spacial score (nSPS) is 30.8. The molecule has 2 fully saturated rings. The highest BCUT2D eigenvalue weighted by Crippen LogP contribution is 2.44. The quantitative estimate of drug-likeness (QED) is 0.899. The average molecular weight is 305 g/mol. The number of thioether (sulfide) groups is 1. The molecule has 0 aromatic heterocycles. The molecule has 2 heterocycles. The molecule has 1 aromatic rings. The monoisotopic (exact) mass is 305 g/mol. The third kappa shape index (κ3) is 3.01. The minimum Gasteiger partial charge on any atom is -0.374 e. The van der Waals surface area contributed by atoms with E-state index in [-0.39, 0.29) is 11.6 Å². The zero-order chi connectivity index (χ0) is 15.0. The molecule has 2 aliphatic heterocycles. The van der Waals surface area contributed by atoms with Crippen molar-refractivity contribution in [3.05, 3.63) is 34.4 Å². The van der Waals surface area contributed by atoms with Crippen LogP contribution in [0.4, 0.5) is 0 Å². The summed E-state index contributed by atoms with van der Waals surface area (Å²) in [5.41, 5.74) is 12.2. The van der Waals surface area contributed by atoms with E-state index in [1.54, 1.807) is 0 Å². The van der Waals surface area contributed by atoms with Crippen LogP contribution in [-0.2, 0) is 4.74 Å². The molecule has 3 unspecified atom stereocenters. The van der Waals surface area contributed by atoms with Crippen LogP contribution in [0.15, 0.2) is 12.1 Å². The molecular formula is C18H27NOS. The molecule has 21 heavy (non-hydrogen) atoms. The van der Waals surface area contributed by atoms with Gasteiger partial charge in [0.25, 0.3) is 0 Å². The lowest BCUT2D eigenvalue weighted by atomic mass is 9.77. The zero-order valence-electron chi connectivity index (χ0n) is 13.4. The Balaban J connectivity index is 1.83. The molecule has 3 rings (SSSR count). The maximum atomic E-state index is 6.71. The van der Waals surface area contributed by atoms with Gasteiger partial charge in [-0.2, -0.15) is 11.8 Å². The molecule has 0 aliphatic carbocycles. The van der Waals surface area contributed by atoms with E-state index in [0.717, 1.165) is 25.2 Å². The second-order valence-electron chi connectivity index (χ2n) is 6.93. The van der Waals surface area contributed by atoms with Gasteiger partial charge < -0.3 is 10.5 Å². The second kappa shape index (κ2) is 5.94. The van der Waals surface area contributed by atoms with Crippen LogP contribution in [0.5, 0.6) is 0 Å². The lowest BCUT2D eigenvalue weighted by Gasteiger charge is -2.40. The minimum absolute atomic E-state index is 0.123. The van der Waals surface area contributed by atoms with E-state index < -0.39 is 0 Å². The number of benzene rings is 1. The Kier molecular flexibility index (Phi) is 4.35. The maximum Gasteiger partial charge on any atom is 0.0783 e. The second-order valence-corrected chi connectivity index (χ2v) is 8.03. The van der Waals surface area contributed by atoms with Gasteiger partial charge in [0.05, 0.1) is 5.60 Å². The highest BCUT2D eigenvalue weighted by Gasteiger charge is 2.42. The van der Waals surface area contributed by atoms with Crippen molar-refractivity contribution in [1.82, 2.24) is 0 Å². The van der Waals surface area contributed by atoms with Crippen LogP contribution >= 0.6 is 11.8 Å². The molecule has 2 saturated heterocycles. The van der Waals surface area contributed by atoms with Crippen molar-refractivity contribution in [3.63, 3.8) is 0 Å². The lowest BCUT2D eigenvalue weighted by molar-refractivity contribution is -0.0834. The summed E-state index contributed by atoms with van der Waals surface area (Å²) in [6.45, 7) is 7.45. The molecule has 0 saturated carbocycles. The van der Waals surface area contributed by atoms with Gasteiger partial charge >= 0.3 is 0 Å². The van der Waals surface area contributed by atoms with E-state index in [1.807, 2.05) is 11.8 Å². The van der Waals surface area contributed by atoms with Crippen LogP contribution in [-0.4, -0.2) is 23.7 Å². The zero-order valence-corrected chi connectivity index (χ0v) is 14.3. The molecule has 2 N–H and O–H groups in total. The number of hydrogen-bond acceptors (Lipinski definition) is 3. The summed E-state index contributed by atoms with van der Waals surface area (Å²) in [5, 5.41) is 0. The van der Waals surface area contributed by atoms with Gasteiger partial charge in [-0.25, -0.2) is 0 Å². The van der Waals surface area contributed by atoms with Gasteiger partial charge in [0.2, 0.25) is 0 Å². The summed E-state index contributed by atoms with van der Waals surface area (Å²) in [6.07, 6.45) is 3.43. The molecule has 3 atom stereocenters. The van der Waals surface area contributed by atoms with Crippen molar-refractivity contribution in [2.75, 3.05) is 18.1 Å². The van der Waals surface area contributed by atoms with Gasteiger partial charge in [-0.05, 0) is 68.4 Å². The van der Waals surface area contributed by atoms with Gasteiger partial charge in [0.15, 0.2) is 0 Å². The van der Waals surface area contributed by atoms with Crippen molar-refractivity contribution < 1.29 is 4.74 Å². The largest absolute Gasteiger partial charge is 0.374 e. The summed E-state index contributed by atoms with van der Waals surface area (Å²) in [7, 11) is 0. The average Bonchev–Trinajstić information content (AvgIpc) is 2.85. The number of rotatable bonds is 2. The van der Waals surface area contributed by atoms with Crippen LogP contribution in [0.2, 0.25) is 0 Å². The third-order valence-corrected chi connectivity index (χ3v) is 6.40. The standard InChI is InChI=1S/C18H27NOS/c1-12-8-13(2)16(14(3)9-12)17(19)15-4-6-20-18(10-15)5-7-21-11-18/h8-9,15,17H,4-7,10-11,19H2,1-3H3. The molecule has 0 radical (unpaired) electrons. The van der Waals surface area contributed by atoms with Crippen LogP contribution in [0.3, 0.4) is 0 Å². The molecule has 1 spiro atoms. The van der Waals surface area contributed by atoms with Crippen molar-refractivity contribution >= 4 is 11.8 Å². The number of ether oxygens (including phenoxy) is 1. The molecule has 1 aromatic carbocycles. The Morgan fingerprint density at radius 3 is 2.62 bits per heavy atom. The third-order valence-electron chi connectivity index (χ3n) is 5.18. The predicted molar refractivity (Wildman–Crippen MR) is 90.9 cm³/mol. The van der Waals surface area contributed by atoms with Crippen LogP contribution < -0.4 is 5.73 Å². The smallest absolute Gasteiger partial charge is 0.0783 e. The lowest BCUT2D eigenvalue weighted by Crippen LogP contribution is -2.43. The number of aryl methyl sites for hydroxylation is 3. The van der Waals surface area contributed by atoms with E-state index in [4.69, 9.17) is 10.5 Å². The molecule has 2 aliphatic rings. The van der Waals surface area contributed by atoms with Crippen molar-refractivity contribution in [3.8, 4) is 0 Å². The first-order valence-corrected chi connectivity index (χ1v) is 9.21. The molecule has 0 amide bonds. The van der Waals surface area contributed by atoms with Crippen molar-refractivity contribution in [1.29, 1.82) is 0 Å². The Hall–Kier alpha value is -0.510. The summed E-state index contributed by atoms with van der Waals surface area (Å²) in [6, 6.07) is 4.68. The highest BCUT2D eigenvalue weighted by molar-refractivity contribution is 7.99. The first-order valence-electron chi connectivity index (χ1n) is 8.06. The fourth-order valence-electron chi connectivity index (χ4n) is 4.19. The molecular weight excluding hydrogens is 278 g/mol. The Bertz CT molecular complexity index is 499. The van der Waals surface area contributed by atoms with E-state index >= 15 is 0 Å². The Morgan fingerprint density at radius 2 is 2.00 bits per heavy atom. The van der Waals surface area contributed by atoms with Gasteiger partial charge in [0.1, 0.15) is 0 Å². The van der Waals surface area contributed by atoms with Gasteiger partial charge in [-0.3, -0.25) is 0 Å². The Morgan fingerprint density at radius 1 is 1.29 bits per heavy atom. The molecule has 116 valence electrons. The van der Waals surface area contributed by atoms with Gasteiger partial charge in [0, 0.05) is 18.4 Å². The van der Waals surface area contributed by atoms with Crippen molar-refractivity contribution in [2.24, 2.45) is 11.7 Å². The maximum absolute atomic E-state index is 6.71. The summed E-state index contributed by atoms with van der Waals surface area (Å²) in [4.78, 5) is 0. The van der Waals surface area contributed by atoms with Crippen LogP contribution in [0.25, 0.3) is 0 Å². The number of hydrogen-bond donors (Lipinski definition) is 1. The number of nitrogens with two attached hydrogens (primary N) is 1. The fourth-order valence-corrected chi connectivity index (χ4v) is 5.57. The summed E-state index contributed by atoms with van der Waals surface area (Å²) in [5.74, 6) is 2.95. The first kappa shape index (κ1) is 15.4. The van der Waals surface area contributed by atoms with E-state index in [9.17, 15) is 0 Å². The predicted octanol–water partition coefficient (Wildman–Crippen LogP) is 3.91. The topological polar surface area (TPSA) is 35.2 Å². The van der Waals surface area contributed by atoms with Crippen molar-refractivity contribution in [2.45, 2.75) is 51.7 Å². The minimum atomic E-state index is 0.123. The summed E-state index contributed by atoms with van der Waals surface area (Å²) < 4.78 is 6.15. The Labute approximate surface area is 132 Å². The van der Waals surface area contributed by atoms with E-state index in [0.29, 0.717) is 5.92 Å². The highest BCUT2D eigenvalue weighted by atomic mass is 32.2. The first-order chi connectivity index (χ1) is 10.0. The van der Waals surface area contributed by atoms with E-state index in [1.165, 1.54) is 34.4 Å². The van der Waals surface area contributed by atoms with Crippen LogP contribution in [0.1, 0.15) is 47.6 Å². The van der Waals surface area contributed by atoms with Gasteiger partial charge in [-0.1, -0.05) is 17.7 Å². The fraction of sp³-hybridized carbons (Fsp3) is 0.667. The molecule has 2 nitrogen and oxygen atoms in total.